The lowest BCUT2D eigenvalue weighted by Crippen LogP contribution is -2.29. The quantitative estimate of drug-likeness (QED) is 0.419. The number of pyridine rings is 1. The average molecular weight is 375 g/mol. The molecular formula is C16H14IN3. The van der Waals surface area contributed by atoms with Crippen LogP contribution in [0.3, 0.4) is 0 Å². The molecule has 0 bridgehead atoms. The van der Waals surface area contributed by atoms with Gasteiger partial charge in [0.15, 0.2) is 0 Å². The lowest BCUT2D eigenvalue weighted by Gasteiger charge is -2.19. The number of benzene rings is 2. The van der Waals surface area contributed by atoms with Gasteiger partial charge in [0, 0.05) is 26.9 Å². The number of hydrogen-bond acceptors (Lipinski definition) is 3. The van der Waals surface area contributed by atoms with Gasteiger partial charge in [-0.25, -0.2) is 5.43 Å². The van der Waals surface area contributed by atoms with E-state index in [1.807, 2.05) is 36.7 Å². The van der Waals surface area contributed by atoms with E-state index >= 15 is 0 Å². The maximum absolute atomic E-state index is 5.82. The van der Waals surface area contributed by atoms with Crippen LogP contribution in [0.1, 0.15) is 17.2 Å². The van der Waals surface area contributed by atoms with Gasteiger partial charge in [-0.05, 0) is 39.6 Å². The summed E-state index contributed by atoms with van der Waals surface area (Å²) in [5.41, 5.74) is 5.18. The molecule has 2 aromatic carbocycles. The lowest BCUT2D eigenvalue weighted by molar-refractivity contribution is 0.636. The Bertz CT molecular complexity index is 737. The van der Waals surface area contributed by atoms with Crippen molar-refractivity contribution in [1.29, 1.82) is 0 Å². The van der Waals surface area contributed by atoms with Gasteiger partial charge in [0.1, 0.15) is 0 Å². The number of aromatic nitrogens is 1. The van der Waals surface area contributed by atoms with Crippen molar-refractivity contribution in [2.24, 2.45) is 5.84 Å². The molecule has 0 radical (unpaired) electrons. The minimum atomic E-state index is -0.0679. The number of nitrogens with one attached hydrogen (secondary N) is 1. The maximum Gasteiger partial charge on any atom is 0.0741 e. The monoisotopic (exact) mass is 375 g/mol. The van der Waals surface area contributed by atoms with Crippen LogP contribution in [0.25, 0.3) is 10.8 Å². The first-order valence-corrected chi connectivity index (χ1v) is 7.42. The van der Waals surface area contributed by atoms with Crippen LogP contribution in [0.15, 0.2) is 60.9 Å². The molecular weight excluding hydrogens is 361 g/mol. The van der Waals surface area contributed by atoms with Gasteiger partial charge in [-0.15, -0.1) is 0 Å². The van der Waals surface area contributed by atoms with Gasteiger partial charge in [0.05, 0.1) is 6.04 Å². The van der Waals surface area contributed by atoms with E-state index in [-0.39, 0.29) is 6.04 Å². The van der Waals surface area contributed by atoms with Crippen molar-refractivity contribution < 1.29 is 0 Å². The van der Waals surface area contributed by atoms with Crippen LogP contribution < -0.4 is 11.3 Å². The topological polar surface area (TPSA) is 50.9 Å². The van der Waals surface area contributed by atoms with Crippen molar-refractivity contribution in [3.05, 3.63) is 75.6 Å². The molecule has 1 aromatic heterocycles. The third-order valence-corrected chi connectivity index (χ3v) is 4.38. The Labute approximate surface area is 131 Å². The Hall–Kier alpha value is -1.50. The second kappa shape index (κ2) is 5.87. The molecule has 4 heteroatoms. The minimum absolute atomic E-state index is 0.0679. The van der Waals surface area contributed by atoms with Gasteiger partial charge in [0.25, 0.3) is 0 Å². The van der Waals surface area contributed by atoms with Crippen molar-refractivity contribution in [3.8, 4) is 0 Å². The molecule has 0 spiro atoms. The highest BCUT2D eigenvalue weighted by molar-refractivity contribution is 14.1. The van der Waals surface area contributed by atoms with E-state index in [0.29, 0.717) is 0 Å². The molecule has 0 aliphatic rings. The summed E-state index contributed by atoms with van der Waals surface area (Å²) >= 11 is 2.33. The van der Waals surface area contributed by atoms with Gasteiger partial charge in [-0.1, -0.05) is 42.5 Å². The fraction of sp³-hybridized carbons (Fsp3) is 0.0625. The summed E-state index contributed by atoms with van der Waals surface area (Å²) in [7, 11) is 0. The molecule has 0 amide bonds. The summed E-state index contributed by atoms with van der Waals surface area (Å²) in [5, 5.41) is 2.29. The van der Waals surface area contributed by atoms with E-state index in [2.05, 4.69) is 57.3 Å². The van der Waals surface area contributed by atoms with Crippen molar-refractivity contribution in [3.63, 3.8) is 0 Å². The molecule has 1 atom stereocenters. The summed E-state index contributed by atoms with van der Waals surface area (Å²) < 4.78 is 1.18. The van der Waals surface area contributed by atoms with E-state index in [0.717, 1.165) is 16.5 Å². The zero-order valence-electron chi connectivity index (χ0n) is 10.8. The Morgan fingerprint density at radius 2 is 1.70 bits per heavy atom. The van der Waals surface area contributed by atoms with Crippen molar-refractivity contribution in [2.45, 2.75) is 6.04 Å². The molecule has 3 N–H and O–H groups in total. The van der Waals surface area contributed by atoms with Crippen LogP contribution in [-0.2, 0) is 0 Å². The first-order chi connectivity index (χ1) is 9.81. The number of rotatable bonds is 3. The predicted molar refractivity (Wildman–Crippen MR) is 90.1 cm³/mol. The number of hydrogen-bond donors (Lipinski definition) is 2. The van der Waals surface area contributed by atoms with Gasteiger partial charge in [0.2, 0.25) is 0 Å². The van der Waals surface area contributed by atoms with Gasteiger partial charge >= 0.3 is 0 Å². The third-order valence-electron chi connectivity index (χ3n) is 3.39. The molecule has 0 saturated carbocycles. The van der Waals surface area contributed by atoms with Crippen molar-refractivity contribution in [1.82, 2.24) is 10.4 Å². The smallest absolute Gasteiger partial charge is 0.0741 e. The van der Waals surface area contributed by atoms with E-state index in [4.69, 9.17) is 5.84 Å². The molecule has 1 unspecified atom stereocenters. The molecule has 0 aliphatic heterocycles. The van der Waals surface area contributed by atoms with Gasteiger partial charge < -0.3 is 0 Å². The SMILES string of the molecule is NNC(c1ccccc1I)c1cncc2ccccc12. The standard InChI is InChI=1S/C16H14IN3/c17-15-8-4-3-7-13(15)16(20-18)14-10-19-9-11-5-1-2-6-12(11)14/h1-10,16,20H,18H2. The van der Waals surface area contributed by atoms with Gasteiger partial charge in [-0.2, -0.15) is 0 Å². The molecule has 0 aliphatic carbocycles. The summed E-state index contributed by atoms with van der Waals surface area (Å²) in [5.74, 6) is 5.82. The highest BCUT2D eigenvalue weighted by Gasteiger charge is 2.17. The van der Waals surface area contributed by atoms with E-state index in [1.54, 1.807) is 0 Å². The first kappa shape index (κ1) is 13.5. The van der Waals surface area contributed by atoms with E-state index in [9.17, 15) is 0 Å². The fourth-order valence-electron chi connectivity index (χ4n) is 2.43. The number of fused-ring (bicyclic) bond motifs is 1. The largest absolute Gasteiger partial charge is 0.271 e. The number of halogens is 1. The molecule has 3 aromatic rings. The van der Waals surface area contributed by atoms with Crippen LogP contribution in [0.4, 0.5) is 0 Å². The van der Waals surface area contributed by atoms with Crippen LogP contribution in [0.2, 0.25) is 0 Å². The maximum atomic E-state index is 5.82. The molecule has 1 heterocycles. The molecule has 3 rings (SSSR count). The molecule has 20 heavy (non-hydrogen) atoms. The summed E-state index contributed by atoms with van der Waals surface area (Å²) in [6.45, 7) is 0. The van der Waals surface area contributed by atoms with Crippen molar-refractivity contribution in [2.75, 3.05) is 0 Å². The molecule has 100 valence electrons. The highest BCUT2D eigenvalue weighted by atomic mass is 127. The molecule has 0 fully saturated rings. The minimum Gasteiger partial charge on any atom is -0.271 e. The van der Waals surface area contributed by atoms with E-state index in [1.165, 1.54) is 8.96 Å². The summed E-state index contributed by atoms with van der Waals surface area (Å²) in [4.78, 5) is 4.34. The molecule has 3 nitrogen and oxygen atoms in total. The van der Waals surface area contributed by atoms with Crippen LogP contribution in [0.5, 0.6) is 0 Å². The number of nitrogens with two attached hydrogens (primary N) is 1. The number of hydrazine groups is 1. The fourth-order valence-corrected chi connectivity index (χ4v) is 3.13. The first-order valence-electron chi connectivity index (χ1n) is 6.34. The Morgan fingerprint density at radius 3 is 2.50 bits per heavy atom. The van der Waals surface area contributed by atoms with Crippen molar-refractivity contribution >= 4 is 33.4 Å². The third kappa shape index (κ3) is 2.42. The predicted octanol–water partition coefficient (Wildman–Crippen LogP) is 3.39. The average Bonchev–Trinajstić information content (AvgIpc) is 2.50. The highest BCUT2D eigenvalue weighted by Crippen LogP contribution is 2.29. The summed E-state index contributed by atoms with van der Waals surface area (Å²) in [6, 6.07) is 16.4. The van der Waals surface area contributed by atoms with Crippen LogP contribution >= 0.6 is 22.6 Å². The zero-order chi connectivity index (χ0) is 13.9. The second-order valence-electron chi connectivity index (χ2n) is 4.57. The molecule has 0 saturated heterocycles. The van der Waals surface area contributed by atoms with Crippen LogP contribution in [0, 0.1) is 3.57 Å². The summed E-state index contributed by atoms with van der Waals surface area (Å²) in [6.07, 6.45) is 3.76. The zero-order valence-corrected chi connectivity index (χ0v) is 12.9. The Balaban J connectivity index is 2.20. The second-order valence-corrected chi connectivity index (χ2v) is 5.73. The normalized spacial score (nSPS) is 12.5. The number of nitrogens with zero attached hydrogens (tertiary/aromatic N) is 1. The lowest BCUT2D eigenvalue weighted by atomic mass is 9.96. The van der Waals surface area contributed by atoms with E-state index < -0.39 is 0 Å². The van der Waals surface area contributed by atoms with Crippen LogP contribution in [-0.4, -0.2) is 4.98 Å². The van der Waals surface area contributed by atoms with Gasteiger partial charge in [-0.3, -0.25) is 10.8 Å². The Morgan fingerprint density at radius 1 is 0.950 bits per heavy atom. The Kier molecular flexibility index (Phi) is 3.95.